The van der Waals surface area contributed by atoms with Crippen molar-refractivity contribution in [2.75, 3.05) is 0 Å². The summed E-state index contributed by atoms with van der Waals surface area (Å²) in [6.07, 6.45) is 2.70. The molecule has 3 rings (SSSR count). The molecule has 0 unspecified atom stereocenters. The summed E-state index contributed by atoms with van der Waals surface area (Å²) in [6, 6.07) is 18.0. The molecule has 4 nitrogen and oxygen atoms in total. The molecule has 0 aliphatic heterocycles. The van der Waals surface area contributed by atoms with Gasteiger partial charge in [-0.2, -0.15) is 6.92 Å². The number of hydrogen-bond donors (Lipinski definition) is 1. The maximum absolute atomic E-state index is 6.07. The Balaban J connectivity index is 0.000000583. The Labute approximate surface area is 240 Å². The molecule has 3 aromatic rings. The van der Waals surface area contributed by atoms with Gasteiger partial charge in [-0.3, -0.25) is 15.0 Å². The van der Waals surface area contributed by atoms with Crippen LogP contribution in [0.1, 0.15) is 72.0 Å². The molecule has 0 saturated heterocycles. The molecule has 0 amide bonds. The van der Waals surface area contributed by atoms with Crippen molar-refractivity contribution in [3.63, 3.8) is 0 Å². The van der Waals surface area contributed by atoms with E-state index in [1.165, 1.54) is 0 Å². The number of nitrogens with zero attached hydrogens (tertiary/aromatic N) is 3. The Morgan fingerprint density at radius 3 is 1.82 bits per heavy atom. The molecule has 34 heavy (non-hydrogen) atoms. The first-order valence-electron chi connectivity index (χ1n) is 11.5. The van der Waals surface area contributed by atoms with E-state index in [1.54, 1.807) is 13.1 Å². The molecule has 186 valence electrons. The van der Waals surface area contributed by atoms with Gasteiger partial charge in [-0.1, -0.05) is 45.9 Å². The fourth-order valence-corrected chi connectivity index (χ4v) is 3.62. The third-order valence-corrected chi connectivity index (χ3v) is 4.85. The van der Waals surface area contributed by atoms with E-state index < -0.39 is 0 Å². The third kappa shape index (κ3) is 11.5. The van der Waals surface area contributed by atoms with Crippen LogP contribution in [0.3, 0.4) is 0 Å². The number of rotatable bonds is 5. The Kier molecular flexibility index (Phi) is 13.8. The molecule has 2 N–H and O–H groups in total. The maximum atomic E-state index is 6.07. The minimum atomic E-state index is -0.176. The summed E-state index contributed by atoms with van der Waals surface area (Å²) >= 11 is 0. The van der Waals surface area contributed by atoms with Gasteiger partial charge in [-0.15, -0.1) is 5.41 Å². The Morgan fingerprint density at radius 1 is 0.765 bits per heavy atom. The predicted molar refractivity (Wildman–Crippen MR) is 142 cm³/mol. The molecule has 0 bridgehead atoms. The first-order chi connectivity index (χ1) is 15.3. The summed E-state index contributed by atoms with van der Waals surface area (Å²) in [7, 11) is 0. The molecule has 5 heteroatoms. The van der Waals surface area contributed by atoms with Crippen LogP contribution in [0.5, 0.6) is 0 Å². The molecule has 3 aromatic heterocycles. The van der Waals surface area contributed by atoms with Crippen LogP contribution in [-0.2, 0) is 10.8 Å². The van der Waals surface area contributed by atoms with Gasteiger partial charge >= 0.3 is 0 Å². The fraction of sp³-hybridized carbons (Fsp3) is 0.414. The van der Waals surface area contributed by atoms with Crippen molar-refractivity contribution in [1.82, 2.24) is 15.0 Å². The van der Waals surface area contributed by atoms with Gasteiger partial charge in [-0.05, 0) is 63.6 Å². The van der Waals surface area contributed by atoms with E-state index in [0.717, 1.165) is 34.9 Å². The monoisotopic (exact) mass is 598 g/mol. The van der Waals surface area contributed by atoms with E-state index in [1.807, 2.05) is 49.4 Å². The summed E-state index contributed by atoms with van der Waals surface area (Å²) in [5, 5.41) is 0. The minimum absolute atomic E-state index is 0. The van der Waals surface area contributed by atoms with E-state index >= 15 is 0 Å². The smallest absolute Gasteiger partial charge is 0.0888 e. The Morgan fingerprint density at radius 2 is 1.32 bits per heavy atom. The molecule has 0 aromatic carbocycles. The first kappa shape index (κ1) is 32.7. The Hall–Kier alpha value is -1.25. The van der Waals surface area contributed by atoms with E-state index in [4.69, 9.17) is 5.73 Å². The summed E-state index contributed by atoms with van der Waals surface area (Å²) in [5.74, 6) is 0. The molecule has 0 spiro atoms. The van der Waals surface area contributed by atoms with Crippen molar-refractivity contribution in [2.45, 2.75) is 78.2 Å². The van der Waals surface area contributed by atoms with Crippen LogP contribution in [0.15, 0.2) is 60.8 Å². The topological polar surface area (TPSA) is 64.7 Å². The fourth-order valence-electron chi connectivity index (χ4n) is 3.62. The summed E-state index contributed by atoms with van der Waals surface area (Å²) in [4.78, 5) is 13.5. The minimum Gasteiger partial charge on any atom is -0.346 e. The average molecular weight is 597 g/mol. The van der Waals surface area contributed by atoms with E-state index in [-0.39, 0.29) is 56.8 Å². The van der Waals surface area contributed by atoms with Gasteiger partial charge in [-0.25, -0.2) is 0 Å². The predicted octanol–water partition coefficient (Wildman–Crippen LogP) is 6.89. The molecule has 0 atom stereocenters. The van der Waals surface area contributed by atoms with Crippen molar-refractivity contribution in [3.05, 3.63) is 91.7 Å². The zero-order chi connectivity index (χ0) is 25.3. The molecule has 0 fully saturated rings. The van der Waals surface area contributed by atoms with Crippen LogP contribution in [-0.4, -0.2) is 20.5 Å². The summed E-state index contributed by atoms with van der Waals surface area (Å²) in [6.45, 7) is 23.7. The van der Waals surface area contributed by atoms with Crippen LogP contribution in [0, 0.1) is 61.2 Å². The number of aromatic nitrogens is 3. The Bertz CT molecular complexity index is 971. The second-order valence-corrected chi connectivity index (χ2v) is 10.2. The van der Waals surface area contributed by atoms with Crippen molar-refractivity contribution in [3.8, 4) is 11.4 Å². The zero-order valence-corrected chi connectivity index (χ0v) is 24.8. The van der Waals surface area contributed by atoms with Crippen molar-refractivity contribution in [2.24, 2.45) is 5.73 Å². The number of hydrogen-bond acceptors (Lipinski definition) is 4. The van der Waals surface area contributed by atoms with Crippen LogP contribution < -0.4 is 5.73 Å². The standard InChI is InChI=1S/C14H15N2.C13H22N2.C2H5.Sm/c1-14(2,3)13-9-6-8-12(16-13)11-7-4-5-10-15-11;1-10-7-6-8-11(15-10)12(2,3)9-13(4,5)14;1-2;/h4-10H,1H2,2-3H3;6-8H,9,14H2,1-5H3;1H2,2H3;/q-1;;-1;. The second kappa shape index (κ2) is 14.3. The molecule has 3 heterocycles. The van der Waals surface area contributed by atoms with Crippen molar-refractivity contribution < 1.29 is 40.4 Å². The third-order valence-electron chi connectivity index (χ3n) is 4.85. The molecular weight excluding hydrogens is 555 g/mol. The van der Waals surface area contributed by atoms with Crippen LogP contribution in [0.25, 0.3) is 11.4 Å². The van der Waals surface area contributed by atoms with Gasteiger partial charge < -0.3 is 19.6 Å². The normalized spacial score (nSPS) is 11.3. The number of pyridine rings is 3. The largest absolute Gasteiger partial charge is 0.346 e. The van der Waals surface area contributed by atoms with Gasteiger partial charge in [0.25, 0.3) is 0 Å². The summed E-state index contributed by atoms with van der Waals surface area (Å²) < 4.78 is 0. The van der Waals surface area contributed by atoms with E-state index in [9.17, 15) is 0 Å². The summed E-state index contributed by atoms with van der Waals surface area (Å²) in [5.41, 5.74) is 10.7. The van der Waals surface area contributed by atoms with E-state index in [2.05, 4.69) is 82.5 Å². The van der Waals surface area contributed by atoms with Crippen molar-refractivity contribution in [1.29, 1.82) is 0 Å². The van der Waals surface area contributed by atoms with Gasteiger partial charge in [0.1, 0.15) is 0 Å². The maximum Gasteiger partial charge on any atom is 0.0888 e. The van der Waals surface area contributed by atoms with E-state index in [0.29, 0.717) is 0 Å². The average Bonchev–Trinajstić information content (AvgIpc) is 2.74. The quantitative estimate of drug-likeness (QED) is 0.326. The van der Waals surface area contributed by atoms with Gasteiger partial charge in [0.15, 0.2) is 0 Å². The zero-order valence-electron chi connectivity index (χ0n) is 22.2. The van der Waals surface area contributed by atoms with Crippen LogP contribution in [0.2, 0.25) is 0 Å². The van der Waals surface area contributed by atoms with Crippen molar-refractivity contribution >= 4 is 0 Å². The van der Waals surface area contributed by atoms with Gasteiger partial charge in [0.05, 0.1) is 11.4 Å². The molecule has 0 aliphatic rings. The van der Waals surface area contributed by atoms with Gasteiger partial charge in [0.2, 0.25) is 0 Å². The number of aryl methyl sites for hydroxylation is 1. The second-order valence-electron chi connectivity index (χ2n) is 10.2. The molecule has 0 aliphatic carbocycles. The molecular formula is C29H42N4Sm-2. The first-order valence-corrected chi connectivity index (χ1v) is 11.5. The van der Waals surface area contributed by atoms with Crippen LogP contribution >= 0.6 is 0 Å². The number of nitrogens with two attached hydrogens (primary N) is 1. The van der Waals surface area contributed by atoms with Crippen LogP contribution in [0.4, 0.5) is 0 Å². The molecule has 0 radical (unpaired) electrons. The molecule has 0 saturated carbocycles. The SMILES string of the molecule is Cc1cccc(C(C)(C)CC(C)(C)N)n1.[CH2-]C.[CH2-]C(C)(C)c1cccc(-c2ccccn2)n1.[Sm]. The van der Waals surface area contributed by atoms with Gasteiger partial charge in [0, 0.05) is 74.6 Å².